The average molecular weight is 710 g/mol. The Bertz CT molecular complexity index is 1740. The fourth-order valence-electron chi connectivity index (χ4n) is 5.37. The number of anilines is 2. The third kappa shape index (κ3) is 11.7. The van der Waals surface area contributed by atoms with Gasteiger partial charge in [-0.3, -0.25) is 24.5 Å². The fraction of sp³-hybridized carbons (Fsp3) is 0.385. The Balaban J connectivity index is 0.000000197. The summed E-state index contributed by atoms with van der Waals surface area (Å²) in [7, 11) is 0. The second kappa shape index (κ2) is 17.0. The number of hydrogen-bond donors (Lipinski definition) is 2. The van der Waals surface area contributed by atoms with E-state index in [0.717, 1.165) is 33.8 Å². The van der Waals surface area contributed by atoms with Gasteiger partial charge in [-0.05, 0) is 84.8 Å². The van der Waals surface area contributed by atoms with Gasteiger partial charge in [-0.25, -0.2) is 8.78 Å². The van der Waals surface area contributed by atoms with Crippen molar-refractivity contribution >= 4 is 23.7 Å². The minimum Gasteiger partial charge on any atom is -0.329 e. The van der Waals surface area contributed by atoms with Crippen molar-refractivity contribution in [2.75, 3.05) is 30.3 Å². The van der Waals surface area contributed by atoms with Gasteiger partial charge >= 0.3 is 6.18 Å². The zero-order valence-electron chi connectivity index (χ0n) is 29.2. The van der Waals surface area contributed by atoms with E-state index in [2.05, 4.69) is 33.6 Å². The van der Waals surface area contributed by atoms with Gasteiger partial charge in [-0.2, -0.15) is 13.2 Å². The summed E-state index contributed by atoms with van der Waals surface area (Å²) in [5.41, 5.74) is 7.83. The van der Waals surface area contributed by atoms with Crippen LogP contribution in [0.3, 0.4) is 0 Å². The molecule has 0 radical (unpaired) electrons. The van der Waals surface area contributed by atoms with Gasteiger partial charge in [0.2, 0.25) is 18.2 Å². The lowest BCUT2D eigenvalue weighted by molar-refractivity contribution is -0.162. The number of nitrogens with zero attached hydrogens (tertiary/aromatic N) is 3. The van der Waals surface area contributed by atoms with E-state index in [1.807, 2.05) is 81.4 Å². The first-order valence-electron chi connectivity index (χ1n) is 17.0. The normalized spacial score (nSPS) is 16.6. The highest BCUT2D eigenvalue weighted by molar-refractivity contribution is 5.94. The predicted octanol–water partition coefficient (Wildman–Crippen LogP) is 9.30. The zero-order chi connectivity index (χ0) is 37.2. The number of amides is 2. The topological polar surface area (TPSA) is 87.2 Å². The molecule has 7 nitrogen and oxygen atoms in total. The minimum absolute atomic E-state index is 0.118. The summed E-state index contributed by atoms with van der Waals surface area (Å²) in [6, 6.07) is 23.1. The van der Waals surface area contributed by atoms with Crippen LogP contribution >= 0.6 is 0 Å². The van der Waals surface area contributed by atoms with Crippen molar-refractivity contribution in [2.24, 2.45) is 5.92 Å². The molecule has 2 saturated carbocycles. The van der Waals surface area contributed by atoms with E-state index in [-0.39, 0.29) is 37.3 Å². The number of pyridine rings is 2. The Hall–Kier alpha value is -4.71. The maximum Gasteiger partial charge on any atom is 0.401 e. The van der Waals surface area contributed by atoms with Crippen LogP contribution in [0.2, 0.25) is 0 Å². The van der Waals surface area contributed by atoms with Crippen LogP contribution in [0, 0.1) is 12.8 Å². The third-order valence-corrected chi connectivity index (χ3v) is 8.64. The van der Waals surface area contributed by atoms with Crippen LogP contribution in [-0.4, -0.2) is 58.9 Å². The fourth-order valence-corrected chi connectivity index (χ4v) is 5.37. The summed E-state index contributed by atoms with van der Waals surface area (Å²) < 4.78 is 59.2. The first-order chi connectivity index (χ1) is 24.2. The standard InChI is InChI=1S/C18H18F3N3O.C16H16N2O.C3H4F2.C2H6/c1-12-5-6-14(8-15(12)16-4-2-3-7-22-16)23-17(25)13-9-24(10-13)11-18(19,20)21;1-16(7-8-16)14-6-5-12(18-11-19)10-13(14)15-4-2-3-9-17-15;4-3(5)1-2-3;1-2/h2-8,13H,9-11H2,1H3,(H,23,25);2-6,9-11H,7-8H2,1H3,(H,18,19);1-2H2;1-2H3. The van der Waals surface area contributed by atoms with Crippen LogP contribution < -0.4 is 10.6 Å². The van der Waals surface area contributed by atoms with E-state index in [1.54, 1.807) is 18.5 Å². The van der Waals surface area contributed by atoms with Crippen LogP contribution in [0.5, 0.6) is 0 Å². The summed E-state index contributed by atoms with van der Waals surface area (Å²) in [6.45, 7) is 7.53. The number of likely N-dealkylation sites (tertiary alicyclic amines) is 1. The van der Waals surface area contributed by atoms with Gasteiger partial charge in [-0.1, -0.05) is 45.0 Å². The summed E-state index contributed by atoms with van der Waals surface area (Å²) in [5, 5.41) is 5.50. The number of carbonyl (C=O) groups excluding carboxylic acids is 2. The largest absolute Gasteiger partial charge is 0.401 e. The molecule has 1 aliphatic heterocycles. The highest BCUT2D eigenvalue weighted by atomic mass is 19.4. The molecule has 0 spiro atoms. The number of hydrogen-bond acceptors (Lipinski definition) is 5. The molecule has 2 aliphatic carbocycles. The maximum absolute atomic E-state index is 12.3. The molecule has 2 aromatic heterocycles. The van der Waals surface area contributed by atoms with E-state index in [4.69, 9.17) is 0 Å². The number of rotatable bonds is 8. The second-order valence-electron chi connectivity index (χ2n) is 12.9. The first-order valence-corrected chi connectivity index (χ1v) is 17.0. The lowest BCUT2D eigenvalue weighted by Crippen LogP contribution is -2.54. The van der Waals surface area contributed by atoms with Crippen LogP contribution in [0.15, 0.2) is 85.2 Å². The molecule has 0 atom stereocenters. The van der Waals surface area contributed by atoms with Crippen LogP contribution in [-0.2, 0) is 15.0 Å². The number of halogens is 5. The van der Waals surface area contributed by atoms with Gasteiger partial charge in [-0.15, -0.1) is 0 Å². The molecule has 3 fully saturated rings. The molecule has 1 saturated heterocycles. The van der Waals surface area contributed by atoms with Crippen molar-refractivity contribution in [2.45, 2.75) is 70.9 Å². The van der Waals surface area contributed by atoms with Crippen molar-refractivity contribution in [1.82, 2.24) is 14.9 Å². The quantitative estimate of drug-likeness (QED) is 0.141. The smallest absolute Gasteiger partial charge is 0.329 e. The molecule has 51 heavy (non-hydrogen) atoms. The Morgan fingerprint density at radius 3 is 1.90 bits per heavy atom. The summed E-state index contributed by atoms with van der Waals surface area (Å²) >= 11 is 0. The van der Waals surface area contributed by atoms with Gasteiger partial charge in [0.1, 0.15) is 0 Å². The molecule has 3 aliphatic rings. The molecule has 272 valence electrons. The van der Waals surface area contributed by atoms with Crippen molar-refractivity contribution in [1.29, 1.82) is 0 Å². The molecule has 7 rings (SSSR count). The van der Waals surface area contributed by atoms with E-state index in [9.17, 15) is 31.5 Å². The van der Waals surface area contributed by atoms with Crippen molar-refractivity contribution in [3.05, 3.63) is 96.3 Å². The third-order valence-electron chi connectivity index (χ3n) is 8.64. The van der Waals surface area contributed by atoms with Gasteiger partial charge < -0.3 is 10.6 Å². The molecule has 2 aromatic carbocycles. The van der Waals surface area contributed by atoms with E-state index < -0.39 is 24.6 Å². The monoisotopic (exact) mass is 709 g/mol. The molecule has 0 unspecified atom stereocenters. The molecular weight excluding hydrogens is 665 g/mol. The van der Waals surface area contributed by atoms with Gasteiger partial charge in [0.05, 0.1) is 23.9 Å². The molecule has 2 N–H and O–H groups in total. The molecule has 12 heteroatoms. The lowest BCUT2D eigenvalue weighted by atomic mass is 9.91. The lowest BCUT2D eigenvalue weighted by Gasteiger charge is -2.38. The van der Waals surface area contributed by atoms with Crippen LogP contribution in [0.4, 0.5) is 33.3 Å². The minimum atomic E-state index is -4.23. The van der Waals surface area contributed by atoms with Crippen LogP contribution in [0.25, 0.3) is 22.5 Å². The van der Waals surface area contributed by atoms with Gasteiger partial charge in [0.15, 0.2) is 0 Å². The number of carbonyl (C=O) groups is 2. The summed E-state index contributed by atoms with van der Waals surface area (Å²) in [6.07, 6.45) is 2.64. The highest BCUT2D eigenvalue weighted by Crippen LogP contribution is 2.51. The molecular formula is C39H44F5N5O2. The Labute approximate surface area is 295 Å². The molecule has 3 heterocycles. The molecule has 0 bridgehead atoms. The Kier molecular flexibility index (Phi) is 13.0. The number of aryl methyl sites for hydroxylation is 1. The maximum atomic E-state index is 12.3. The second-order valence-corrected chi connectivity index (χ2v) is 12.9. The van der Waals surface area contributed by atoms with E-state index in [1.165, 1.54) is 23.3 Å². The average Bonchev–Trinajstić information content (AvgIpc) is 4.03. The number of aromatic nitrogens is 2. The number of alkyl halides is 5. The predicted molar refractivity (Wildman–Crippen MR) is 190 cm³/mol. The highest BCUT2D eigenvalue weighted by Gasteiger charge is 2.43. The summed E-state index contributed by atoms with van der Waals surface area (Å²) in [5.74, 6) is -2.92. The summed E-state index contributed by atoms with van der Waals surface area (Å²) in [4.78, 5) is 32.8. The van der Waals surface area contributed by atoms with Crippen molar-refractivity contribution in [3.8, 4) is 22.5 Å². The SMILES string of the molecule is CC.CC1(c2ccc(NC=O)cc2-c2ccccn2)CC1.Cc1ccc(NC(=O)C2CN(CC(F)(F)F)C2)cc1-c1ccccn1.FC1(F)CC1. The Morgan fingerprint density at radius 1 is 0.863 bits per heavy atom. The molecule has 2 amide bonds. The first kappa shape index (κ1) is 39.1. The van der Waals surface area contributed by atoms with Gasteiger partial charge in [0.25, 0.3) is 0 Å². The van der Waals surface area contributed by atoms with Gasteiger partial charge in [0, 0.05) is 60.8 Å². The number of benzene rings is 2. The molecule has 4 aromatic rings. The Morgan fingerprint density at radius 2 is 1.41 bits per heavy atom. The zero-order valence-corrected chi connectivity index (χ0v) is 29.2. The van der Waals surface area contributed by atoms with E-state index >= 15 is 0 Å². The van der Waals surface area contributed by atoms with Crippen molar-refractivity contribution in [3.63, 3.8) is 0 Å². The number of nitrogens with one attached hydrogen (secondary N) is 2. The van der Waals surface area contributed by atoms with Crippen molar-refractivity contribution < 1.29 is 31.5 Å². The van der Waals surface area contributed by atoms with E-state index in [0.29, 0.717) is 12.1 Å². The van der Waals surface area contributed by atoms with Crippen LogP contribution in [0.1, 0.15) is 57.6 Å².